The summed E-state index contributed by atoms with van der Waals surface area (Å²) in [4.78, 5) is 0. The predicted molar refractivity (Wildman–Crippen MR) is 58.3 cm³/mol. The SMILES string of the molecule is C#C/C=C/C1CCC(CCC)CC1. The molecule has 1 saturated carbocycles. The van der Waals surface area contributed by atoms with E-state index < -0.39 is 0 Å². The number of allylic oxidation sites excluding steroid dienone is 2. The molecule has 1 aliphatic rings. The predicted octanol–water partition coefficient (Wildman–Crippen LogP) is 3.78. The van der Waals surface area contributed by atoms with Crippen molar-refractivity contribution in [2.24, 2.45) is 11.8 Å². The van der Waals surface area contributed by atoms with Gasteiger partial charge in [-0.15, -0.1) is 6.42 Å². The van der Waals surface area contributed by atoms with Crippen LogP contribution in [0.2, 0.25) is 0 Å². The summed E-state index contributed by atoms with van der Waals surface area (Å²) in [5.74, 6) is 4.34. The summed E-state index contributed by atoms with van der Waals surface area (Å²) in [7, 11) is 0. The minimum absolute atomic E-state index is 0.768. The second-order valence-corrected chi connectivity index (χ2v) is 4.10. The molecule has 0 atom stereocenters. The van der Waals surface area contributed by atoms with Gasteiger partial charge in [-0.2, -0.15) is 0 Å². The van der Waals surface area contributed by atoms with Gasteiger partial charge in [0.2, 0.25) is 0 Å². The standard InChI is InChI=1S/C13H20/c1-3-5-7-13-10-8-12(6-4-2)9-11-13/h1,5,7,12-13H,4,6,8-11H2,2H3/b7-5+. The highest BCUT2D eigenvalue weighted by Gasteiger charge is 2.18. The van der Waals surface area contributed by atoms with Gasteiger partial charge in [0.25, 0.3) is 0 Å². The Labute approximate surface area is 82.4 Å². The Balaban J connectivity index is 2.23. The van der Waals surface area contributed by atoms with E-state index >= 15 is 0 Å². The van der Waals surface area contributed by atoms with Gasteiger partial charge in [0.05, 0.1) is 0 Å². The summed E-state index contributed by atoms with van der Waals surface area (Å²) in [6.45, 7) is 2.28. The molecule has 0 aliphatic heterocycles. The van der Waals surface area contributed by atoms with E-state index in [1.165, 1.54) is 38.5 Å². The molecule has 0 aromatic heterocycles. The Morgan fingerprint density at radius 3 is 2.54 bits per heavy atom. The fourth-order valence-corrected chi connectivity index (χ4v) is 2.27. The first-order valence-electron chi connectivity index (χ1n) is 5.49. The first-order chi connectivity index (χ1) is 6.36. The molecule has 0 spiro atoms. The fraction of sp³-hybridized carbons (Fsp3) is 0.692. The van der Waals surface area contributed by atoms with Crippen LogP contribution in [-0.4, -0.2) is 0 Å². The molecule has 1 rings (SSSR count). The van der Waals surface area contributed by atoms with Crippen LogP contribution in [0.4, 0.5) is 0 Å². The first-order valence-corrected chi connectivity index (χ1v) is 5.49. The maximum Gasteiger partial charge on any atom is -0.0159 e. The van der Waals surface area contributed by atoms with Gasteiger partial charge in [-0.3, -0.25) is 0 Å². The van der Waals surface area contributed by atoms with Gasteiger partial charge in [0, 0.05) is 0 Å². The van der Waals surface area contributed by atoms with E-state index in [1.54, 1.807) is 0 Å². The van der Waals surface area contributed by atoms with E-state index in [9.17, 15) is 0 Å². The van der Waals surface area contributed by atoms with Gasteiger partial charge < -0.3 is 0 Å². The second kappa shape index (κ2) is 5.86. The summed E-state index contributed by atoms with van der Waals surface area (Å²) in [6.07, 6.45) is 17.5. The third-order valence-corrected chi connectivity index (χ3v) is 3.05. The zero-order chi connectivity index (χ0) is 9.52. The quantitative estimate of drug-likeness (QED) is 0.574. The Hall–Kier alpha value is -0.700. The summed E-state index contributed by atoms with van der Waals surface area (Å²) >= 11 is 0. The smallest absolute Gasteiger partial charge is 0.0159 e. The highest BCUT2D eigenvalue weighted by atomic mass is 14.2. The van der Waals surface area contributed by atoms with Crippen LogP contribution >= 0.6 is 0 Å². The Morgan fingerprint density at radius 1 is 1.31 bits per heavy atom. The molecule has 1 fully saturated rings. The van der Waals surface area contributed by atoms with Crippen LogP contribution in [0.1, 0.15) is 45.4 Å². The van der Waals surface area contributed by atoms with Crippen molar-refractivity contribution in [3.05, 3.63) is 12.2 Å². The molecule has 13 heavy (non-hydrogen) atoms. The van der Waals surface area contributed by atoms with Crippen molar-refractivity contribution in [2.45, 2.75) is 45.4 Å². The number of rotatable bonds is 3. The lowest BCUT2D eigenvalue weighted by molar-refractivity contribution is 0.294. The molecule has 0 unspecified atom stereocenters. The minimum Gasteiger partial charge on any atom is -0.115 e. The van der Waals surface area contributed by atoms with Crippen LogP contribution in [-0.2, 0) is 0 Å². The van der Waals surface area contributed by atoms with Gasteiger partial charge in [0.15, 0.2) is 0 Å². The summed E-state index contributed by atoms with van der Waals surface area (Å²) < 4.78 is 0. The van der Waals surface area contributed by atoms with Crippen molar-refractivity contribution in [3.63, 3.8) is 0 Å². The highest BCUT2D eigenvalue weighted by molar-refractivity contribution is 5.10. The Morgan fingerprint density at radius 2 is 2.00 bits per heavy atom. The van der Waals surface area contributed by atoms with Crippen molar-refractivity contribution in [3.8, 4) is 12.3 Å². The van der Waals surface area contributed by atoms with Gasteiger partial charge in [0.1, 0.15) is 0 Å². The third kappa shape index (κ3) is 3.68. The Kier molecular flexibility index (Phi) is 4.68. The van der Waals surface area contributed by atoms with E-state index in [0.29, 0.717) is 0 Å². The van der Waals surface area contributed by atoms with E-state index in [2.05, 4.69) is 18.9 Å². The van der Waals surface area contributed by atoms with Crippen LogP contribution in [0, 0.1) is 24.2 Å². The van der Waals surface area contributed by atoms with Crippen LogP contribution in [0.5, 0.6) is 0 Å². The summed E-state index contributed by atoms with van der Waals surface area (Å²) in [6, 6.07) is 0. The lowest BCUT2D eigenvalue weighted by atomic mass is 9.80. The number of hydrogen-bond acceptors (Lipinski definition) is 0. The number of hydrogen-bond donors (Lipinski definition) is 0. The topological polar surface area (TPSA) is 0 Å². The Bertz CT molecular complexity index is 187. The molecule has 0 heteroatoms. The normalized spacial score (nSPS) is 28.9. The molecular weight excluding hydrogens is 156 g/mol. The van der Waals surface area contributed by atoms with Crippen molar-refractivity contribution >= 4 is 0 Å². The van der Waals surface area contributed by atoms with E-state index in [-0.39, 0.29) is 0 Å². The molecule has 0 aromatic rings. The lowest BCUT2D eigenvalue weighted by Gasteiger charge is -2.26. The van der Waals surface area contributed by atoms with Crippen molar-refractivity contribution < 1.29 is 0 Å². The average molecular weight is 176 g/mol. The molecule has 72 valence electrons. The molecular formula is C13H20. The first kappa shape index (κ1) is 10.4. The van der Waals surface area contributed by atoms with E-state index in [1.807, 2.05) is 6.08 Å². The van der Waals surface area contributed by atoms with Gasteiger partial charge >= 0.3 is 0 Å². The lowest BCUT2D eigenvalue weighted by Crippen LogP contribution is -2.12. The maximum absolute atomic E-state index is 5.18. The largest absolute Gasteiger partial charge is 0.115 e. The molecule has 0 aromatic carbocycles. The van der Waals surface area contributed by atoms with Crippen molar-refractivity contribution in [1.29, 1.82) is 0 Å². The van der Waals surface area contributed by atoms with Gasteiger partial charge in [-0.25, -0.2) is 0 Å². The molecule has 0 radical (unpaired) electrons. The van der Waals surface area contributed by atoms with Crippen molar-refractivity contribution in [1.82, 2.24) is 0 Å². The van der Waals surface area contributed by atoms with Crippen LogP contribution < -0.4 is 0 Å². The molecule has 0 saturated heterocycles. The third-order valence-electron chi connectivity index (χ3n) is 3.05. The minimum atomic E-state index is 0.768. The van der Waals surface area contributed by atoms with E-state index in [0.717, 1.165) is 11.8 Å². The molecule has 0 bridgehead atoms. The number of terminal acetylenes is 1. The molecule has 0 N–H and O–H groups in total. The summed E-state index contributed by atoms with van der Waals surface area (Å²) in [5, 5.41) is 0. The van der Waals surface area contributed by atoms with Crippen LogP contribution in [0.25, 0.3) is 0 Å². The molecule has 0 heterocycles. The van der Waals surface area contributed by atoms with Gasteiger partial charge in [-0.1, -0.05) is 31.8 Å². The summed E-state index contributed by atoms with van der Waals surface area (Å²) in [5.41, 5.74) is 0. The average Bonchev–Trinajstić information content (AvgIpc) is 2.17. The monoisotopic (exact) mass is 176 g/mol. The zero-order valence-corrected chi connectivity index (χ0v) is 8.63. The highest BCUT2D eigenvalue weighted by Crippen LogP contribution is 2.31. The maximum atomic E-state index is 5.18. The fourth-order valence-electron chi connectivity index (χ4n) is 2.27. The van der Waals surface area contributed by atoms with E-state index in [4.69, 9.17) is 6.42 Å². The van der Waals surface area contributed by atoms with Crippen LogP contribution in [0.3, 0.4) is 0 Å². The molecule has 0 amide bonds. The zero-order valence-electron chi connectivity index (χ0n) is 8.63. The van der Waals surface area contributed by atoms with Gasteiger partial charge in [-0.05, 0) is 43.6 Å². The molecule has 0 nitrogen and oxygen atoms in total. The van der Waals surface area contributed by atoms with Crippen LogP contribution in [0.15, 0.2) is 12.2 Å². The molecule has 1 aliphatic carbocycles. The van der Waals surface area contributed by atoms with Crippen molar-refractivity contribution in [2.75, 3.05) is 0 Å². The second-order valence-electron chi connectivity index (χ2n) is 4.10.